The summed E-state index contributed by atoms with van der Waals surface area (Å²) in [4.78, 5) is 6.78. The molecule has 3 heterocycles. The number of hydrogen-bond donors (Lipinski definition) is 0. The molecule has 0 N–H and O–H groups in total. The molecule has 28 heavy (non-hydrogen) atoms. The van der Waals surface area contributed by atoms with Crippen molar-refractivity contribution in [2.75, 3.05) is 31.2 Å². The molecule has 1 saturated heterocycles. The molecular weight excluding hydrogens is 352 g/mol. The molecule has 0 spiro atoms. The van der Waals surface area contributed by atoms with Crippen LogP contribution in [0.3, 0.4) is 0 Å². The largest absolute Gasteiger partial charge is 0.491 e. The average Bonchev–Trinajstić information content (AvgIpc) is 3.02. The molecule has 4 rings (SSSR count). The Morgan fingerprint density at radius 3 is 2.71 bits per heavy atom. The van der Waals surface area contributed by atoms with Gasteiger partial charge in [0.15, 0.2) is 0 Å². The minimum Gasteiger partial charge on any atom is -0.491 e. The number of ether oxygens (including phenoxy) is 2. The molecule has 2 aromatic heterocycles. The molecule has 150 valence electrons. The molecule has 0 amide bonds. The van der Waals surface area contributed by atoms with E-state index in [1.807, 2.05) is 56.9 Å². The molecule has 0 radical (unpaired) electrons. The number of nitrogens with zero attached hydrogens (tertiary/aromatic N) is 4. The smallest absolute Gasteiger partial charge is 0.130 e. The van der Waals surface area contributed by atoms with Crippen molar-refractivity contribution in [1.29, 1.82) is 0 Å². The molecule has 0 bridgehead atoms. The van der Waals surface area contributed by atoms with E-state index in [1.165, 1.54) is 5.56 Å². The Labute approximate surface area is 167 Å². The van der Waals surface area contributed by atoms with Crippen molar-refractivity contribution in [3.8, 4) is 5.69 Å². The van der Waals surface area contributed by atoms with E-state index in [1.54, 1.807) is 0 Å². The summed E-state index contributed by atoms with van der Waals surface area (Å²) in [6.45, 7) is 11.3. The third-order valence-corrected chi connectivity index (χ3v) is 4.47. The second-order valence-corrected chi connectivity index (χ2v) is 6.76. The van der Waals surface area contributed by atoms with E-state index in [2.05, 4.69) is 33.2 Å². The van der Waals surface area contributed by atoms with Gasteiger partial charge < -0.3 is 14.4 Å². The van der Waals surface area contributed by atoms with E-state index in [4.69, 9.17) is 9.47 Å². The quantitative estimate of drug-likeness (QED) is 0.800. The van der Waals surface area contributed by atoms with E-state index in [9.17, 15) is 0 Å². The molecule has 2 aliphatic rings. The SMILES string of the molecule is CC.CC(C)OC1=Cc2c(cnn2-c2ccnc(N3CCOCC3)c2)CC=C1. The first-order valence-corrected chi connectivity index (χ1v) is 10.1. The van der Waals surface area contributed by atoms with Crippen LogP contribution in [0, 0.1) is 0 Å². The first-order valence-electron chi connectivity index (χ1n) is 10.1. The highest BCUT2D eigenvalue weighted by Crippen LogP contribution is 2.24. The summed E-state index contributed by atoms with van der Waals surface area (Å²) >= 11 is 0. The highest BCUT2D eigenvalue weighted by atomic mass is 16.5. The Bertz CT molecular complexity index is 833. The predicted octanol–water partition coefficient (Wildman–Crippen LogP) is 4.01. The van der Waals surface area contributed by atoms with E-state index in [-0.39, 0.29) is 6.10 Å². The summed E-state index contributed by atoms with van der Waals surface area (Å²) in [5, 5.41) is 4.62. The lowest BCUT2D eigenvalue weighted by Crippen LogP contribution is -2.36. The predicted molar refractivity (Wildman–Crippen MR) is 113 cm³/mol. The standard InChI is InChI=1S/C20H24N4O2.C2H6/c1-15(2)26-18-5-3-4-16-14-22-24(19(16)13-18)17-6-7-21-20(12-17)23-8-10-25-11-9-23;1-2/h3,5-7,12-15H,4,8-11H2,1-2H3;1-2H3. The van der Waals surface area contributed by atoms with Gasteiger partial charge in [0.25, 0.3) is 0 Å². The number of rotatable bonds is 4. The van der Waals surface area contributed by atoms with Gasteiger partial charge in [-0.1, -0.05) is 19.9 Å². The first kappa shape index (κ1) is 20.1. The summed E-state index contributed by atoms with van der Waals surface area (Å²) < 4.78 is 13.3. The lowest BCUT2D eigenvalue weighted by molar-refractivity contribution is 0.122. The minimum absolute atomic E-state index is 0.137. The zero-order valence-corrected chi connectivity index (χ0v) is 17.3. The number of anilines is 1. The maximum Gasteiger partial charge on any atom is 0.130 e. The molecule has 1 aliphatic carbocycles. The Hall–Kier alpha value is -2.60. The zero-order chi connectivity index (χ0) is 19.9. The van der Waals surface area contributed by atoms with Gasteiger partial charge in [0.1, 0.15) is 11.6 Å². The minimum atomic E-state index is 0.137. The van der Waals surface area contributed by atoms with Crippen LogP contribution in [0.15, 0.2) is 42.4 Å². The normalized spacial score (nSPS) is 16.0. The Balaban J connectivity index is 0.00000109. The van der Waals surface area contributed by atoms with Crippen molar-refractivity contribution < 1.29 is 9.47 Å². The molecule has 0 saturated carbocycles. The summed E-state index contributed by atoms with van der Waals surface area (Å²) in [7, 11) is 0. The monoisotopic (exact) mass is 382 g/mol. The van der Waals surface area contributed by atoms with Crippen LogP contribution >= 0.6 is 0 Å². The van der Waals surface area contributed by atoms with Crippen molar-refractivity contribution in [1.82, 2.24) is 14.8 Å². The van der Waals surface area contributed by atoms with Crippen LogP contribution < -0.4 is 4.90 Å². The van der Waals surface area contributed by atoms with Crippen LogP contribution in [0.25, 0.3) is 11.8 Å². The lowest BCUT2D eigenvalue weighted by atomic mass is 10.2. The third-order valence-electron chi connectivity index (χ3n) is 4.47. The Morgan fingerprint density at radius 2 is 1.96 bits per heavy atom. The molecule has 2 aromatic rings. The second-order valence-electron chi connectivity index (χ2n) is 6.76. The number of fused-ring (bicyclic) bond motifs is 1. The number of hydrogen-bond acceptors (Lipinski definition) is 5. The fourth-order valence-corrected chi connectivity index (χ4v) is 3.24. The fraction of sp³-hybridized carbons (Fsp3) is 0.455. The van der Waals surface area contributed by atoms with Crippen LogP contribution in [-0.4, -0.2) is 47.2 Å². The van der Waals surface area contributed by atoms with Gasteiger partial charge in [-0.25, -0.2) is 9.67 Å². The van der Waals surface area contributed by atoms with Crippen LogP contribution in [0.5, 0.6) is 0 Å². The third kappa shape index (κ3) is 4.62. The van der Waals surface area contributed by atoms with E-state index >= 15 is 0 Å². The molecule has 0 aromatic carbocycles. The molecule has 0 unspecified atom stereocenters. The second kappa shape index (κ2) is 9.55. The maximum atomic E-state index is 5.91. The van der Waals surface area contributed by atoms with Crippen LogP contribution in [0.2, 0.25) is 0 Å². The average molecular weight is 383 g/mol. The van der Waals surface area contributed by atoms with Gasteiger partial charge in [0.2, 0.25) is 0 Å². The van der Waals surface area contributed by atoms with E-state index in [0.29, 0.717) is 0 Å². The van der Waals surface area contributed by atoms with Crippen molar-refractivity contribution in [2.45, 2.75) is 40.2 Å². The first-order chi connectivity index (χ1) is 13.7. The number of aromatic nitrogens is 3. The van der Waals surface area contributed by atoms with Gasteiger partial charge in [-0.15, -0.1) is 0 Å². The van der Waals surface area contributed by atoms with Crippen molar-refractivity contribution >= 4 is 11.9 Å². The van der Waals surface area contributed by atoms with Gasteiger partial charge in [-0.05, 0) is 32.4 Å². The topological polar surface area (TPSA) is 52.4 Å². The van der Waals surface area contributed by atoms with Crippen LogP contribution in [0.1, 0.15) is 39.0 Å². The van der Waals surface area contributed by atoms with Gasteiger partial charge >= 0.3 is 0 Å². The Kier molecular flexibility index (Phi) is 6.87. The summed E-state index contributed by atoms with van der Waals surface area (Å²) in [6, 6.07) is 4.08. The number of morpholine rings is 1. The van der Waals surface area contributed by atoms with Gasteiger partial charge in [0.05, 0.1) is 36.9 Å². The Morgan fingerprint density at radius 1 is 1.18 bits per heavy atom. The molecular formula is C22H30N4O2. The van der Waals surface area contributed by atoms with Crippen LogP contribution in [-0.2, 0) is 15.9 Å². The van der Waals surface area contributed by atoms with Crippen molar-refractivity contribution in [2.24, 2.45) is 0 Å². The highest BCUT2D eigenvalue weighted by molar-refractivity contribution is 5.60. The molecule has 6 nitrogen and oxygen atoms in total. The van der Waals surface area contributed by atoms with Gasteiger partial charge in [-0.3, -0.25) is 0 Å². The summed E-state index contributed by atoms with van der Waals surface area (Å²) in [5.41, 5.74) is 3.25. The van der Waals surface area contributed by atoms with E-state index in [0.717, 1.165) is 55.7 Å². The number of pyridine rings is 1. The fourth-order valence-electron chi connectivity index (χ4n) is 3.24. The molecule has 6 heteroatoms. The summed E-state index contributed by atoms with van der Waals surface area (Å²) in [6.07, 6.45) is 11.0. The summed E-state index contributed by atoms with van der Waals surface area (Å²) in [5.74, 6) is 1.83. The van der Waals surface area contributed by atoms with Crippen molar-refractivity contribution in [3.63, 3.8) is 0 Å². The molecule has 0 atom stereocenters. The number of allylic oxidation sites excluding steroid dienone is 2. The molecule has 1 aliphatic heterocycles. The lowest BCUT2D eigenvalue weighted by Gasteiger charge is -2.28. The maximum absolute atomic E-state index is 5.91. The van der Waals surface area contributed by atoms with E-state index < -0.39 is 0 Å². The van der Waals surface area contributed by atoms with Crippen molar-refractivity contribution in [3.05, 3.63) is 53.7 Å². The zero-order valence-electron chi connectivity index (χ0n) is 17.3. The van der Waals surface area contributed by atoms with Crippen LogP contribution in [0.4, 0.5) is 5.82 Å². The highest BCUT2D eigenvalue weighted by Gasteiger charge is 2.16. The van der Waals surface area contributed by atoms with Gasteiger partial charge in [-0.2, -0.15) is 5.10 Å². The molecule has 1 fully saturated rings. The van der Waals surface area contributed by atoms with Gasteiger partial charge in [0, 0.05) is 37.0 Å².